The Bertz CT molecular complexity index is 355. The van der Waals surface area contributed by atoms with Crippen LogP contribution in [0.25, 0.3) is 0 Å². The van der Waals surface area contributed by atoms with Gasteiger partial charge in [-0.2, -0.15) is 5.26 Å². The standard InChI is InChI=1S/C9H11NOS/c1-12(2,11)9-5-3-8(7-10)4-6-9/h3-6,12H,1-2H3. The maximum Gasteiger partial charge on any atom is 0.0991 e. The molecule has 0 heterocycles. The van der Waals surface area contributed by atoms with Crippen LogP contribution < -0.4 is 0 Å². The van der Waals surface area contributed by atoms with Crippen molar-refractivity contribution < 1.29 is 4.21 Å². The predicted octanol–water partition coefficient (Wildman–Crippen LogP) is 1.19. The number of hydrogen-bond donors (Lipinski definition) is 1. The summed E-state index contributed by atoms with van der Waals surface area (Å²) in [6.07, 6.45) is 3.43. The molecule has 0 saturated carbocycles. The van der Waals surface area contributed by atoms with Crippen molar-refractivity contribution in [1.82, 2.24) is 0 Å². The minimum atomic E-state index is -2.16. The maximum absolute atomic E-state index is 11.5. The molecule has 1 rings (SSSR count). The second-order valence-electron chi connectivity index (χ2n) is 3.01. The summed E-state index contributed by atoms with van der Waals surface area (Å²) < 4.78 is 11.5. The fourth-order valence-corrected chi connectivity index (χ4v) is 1.76. The molecule has 0 saturated heterocycles. The lowest BCUT2D eigenvalue weighted by Crippen LogP contribution is -2.05. The van der Waals surface area contributed by atoms with Crippen LogP contribution in [-0.2, 0) is 9.93 Å². The third-order valence-corrected chi connectivity index (χ3v) is 3.16. The van der Waals surface area contributed by atoms with E-state index in [0.717, 1.165) is 4.90 Å². The summed E-state index contributed by atoms with van der Waals surface area (Å²) in [5.41, 5.74) is 0.604. The van der Waals surface area contributed by atoms with Crippen molar-refractivity contribution in [3.8, 4) is 6.07 Å². The molecule has 1 aromatic rings. The SMILES string of the molecule is C[SH](C)(=O)c1ccc(C#N)cc1. The lowest BCUT2D eigenvalue weighted by Gasteiger charge is -2.11. The van der Waals surface area contributed by atoms with E-state index in [0.29, 0.717) is 5.56 Å². The van der Waals surface area contributed by atoms with Gasteiger partial charge >= 0.3 is 0 Å². The van der Waals surface area contributed by atoms with Crippen molar-refractivity contribution in [1.29, 1.82) is 5.26 Å². The van der Waals surface area contributed by atoms with E-state index in [1.54, 1.807) is 36.8 Å². The Morgan fingerprint density at radius 2 is 1.75 bits per heavy atom. The third-order valence-electron chi connectivity index (χ3n) is 1.62. The molecule has 0 fully saturated rings. The molecule has 0 aliphatic heterocycles. The summed E-state index contributed by atoms with van der Waals surface area (Å²) in [6.45, 7) is 0. The first kappa shape index (κ1) is 8.95. The summed E-state index contributed by atoms with van der Waals surface area (Å²) in [4.78, 5) is 0.821. The Kier molecular flexibility index (Phi) is 2.30. The van der Waals surface area contributed by atoms with Crippen molar-refractivity contribution in [2.75, 3.05) is 12.5 Å². The van der Waals surface area contributed by atoms with Gasteiger partial charge in [0.05, 0.1) is 11.6 Å². The molecule has 64 valence electrons. The van der Waals surface area contributed by atoms with Gasteiger partial charge in [0.15, 0.2) is 0 Å². The monoisotopic (exact) mass is 181 g/mol. The summed E-state index contributed by atoms with van der Waals surface area (Å²) in [7, 11) is -2.16. The maximum atomic E-state index is 11.5. The number of hydrogen-bond acceptors (Lipinski definition) is 2. The van der Waals surface area contributed by atoms with Gasteiger partial charge < -0.3 is 0 Å². The Balaban J connectivity index is 3.11. The van der Waals surface area contributed by atoms with Crippen LogP contribution in [-0.4, -0.2) is 16.7 Å². The van der Waals surface area contributed by atoms with Crippen molar-refractivity contribution in [3.05, 3.63) is 29.8 Å². The second kappa shape index (κ2) is 3.08. The van der Waals surface area contributed by atoms with Crippen LogP contribution in [0.1, 0.15) is 5.56 Å². The van der Waals surface area contributed by atoms with Crippen LogP contribution in [0, 0.1) is 11.3 Å². The van der Waals surface area contributed by atoms with E-state index >= 15 is 0 Å². The molecule has 2 nitrogen and oxygen atoms in total. The summed E-state index contributed by atoms with van der Waals surface area (Å²) in [5, 5.41) is 8.51. The zero-order valence-electron chi connectivity index (χ0n) is 7.11. The first-order valence-corrected chi connectivity index (χ1v) is 6.20. The first-order chi connectivity index (χ1) is 5.54. The van der Waals surface area contributed by atoms with Gasteiger partial charge in [-0.3, -0.25) is 4.21 Å². The highest BCUT2D eigenvalue weighted by molar-refractivity contribution is 8.01. The van der Waals surface area contributed by atoms with E-state index in [9.17, 15) is 4.21 Å². The minimum Gasteiger partial charge on any atom is -0.281 e. The Hall–Kier alpha value is -1.14. The van der Waals surface area contributed by atoms with Crippen molar-refractivity contribution >= 4 is 9.93 Å². The van der Waals surface area contributed by atoms with Crippen LogP contribution in [0.2, 0.25) is 0 Å². The fraction of sp³-hybridized carbons (Fsp3) is 0.222. The molecule has 1 aromatic carbocycles. The van der Waals surface area contributed by atoms with E-state index in [1.807, 2.05) is 6.07 Å². The van der Waals surface area contributed by atoms with Crippen LogP contribution in [0.3, 0.4) is 0 Å². The largest absolute Gasteiger partial charge is 0.281 e. The van der Waals surface area contributed by atoms with Gasteiger partial charge in [0.25, 0.3) is 0 Å². The average Bonchev–Trinajstić information content (AvgIpc) is 2.03. The predicted molar refractivity (Wildman–Crippen MR) is 50.8 cm³/mol. The molecule has 0 aliphatic rings. The van der Waals surface area contributed by atoms with Gasteiger partial charge in [0.1, 0.15) is 0 Å². The summed E-state index contributed by atoms with van der Waals surface area (Å²) in [6, 6.07) is 8.89. The first-order valence-electron chi connectivity index (χ1n) is 3.60. The lowest BCUT2D eigenvalue weighted by atomic mass is 10.2. The molecule has 0 unspecified atom stereocenters. The van der Waals surface area contributed by atoms with Crippen LogP contribution >= 0.6 is 0 Å². The fourth-order valence-electron chi connectivity index (χ4n) is 0.895. The molecule has 0 atom stereocenters. The Morgan fingerprint density at radius 3 is 2.08 bits per heavy atom. The van der Waals surface area contributed by atoms with Crippen molar-refractivity contribution in [2.45, 2.75) is 4.90 Å². The van der Waals surface area contributed by atoms with Crippen molar-refractivity contribution in [3.63, 3.8) is 0 Å². The molecule has 12 heavy (non-hydrogen) atoms. The molecule has 0 N–H and O–H groups in total. The van der Waals surface area contributed by atoms with Gasteiger partial charge in [-0.1, -0.05) is 9.93 Å². The van der Waals surface area contributed by atoms with Gasteiger partial charge in [0, 0.05) is 4.90 Å². The number of nitrogens with zero attached hydrogens (tertiary/aromatic N) is 1. The molecule has 3 heteroatoms. The summed E-state index contributed by atoms with van der Waals surface area (Å²) in [5.74, 6) is 0. The van der Waals surface area contributed by atoms with Gasteiger partial charge in [-0.15, -0.1) is 0 Å². The highest BCUT2D eigenvalue weighted by Gasteiger charge is 2.03. The van der Waals surface area contributed by atoms with Crippen LogP contribution in [0.15, 0.2) is 29.2 Å². The van der Waals surface area contributed by atoms with Crippen LogP contribution in [0.5, 0.6) is 0 Å². The molecule has 0 aliphatic carbocycles. The number of thiol groups is 1. The smallest absolute Gasteiger partial charge is 0.0991 e. The lowest BCUT2D eigenvalue weighted by molar-refractivity contribution is 0.678. The summed E-state index contributed by atoms with van der Waals surface area (Å²) >= 11 is 0. The van der Waals surface area contributed by atoms with Crippen LogP contribution in [0.4, 0.5) is 0 Å². The molecule has 0 spiro atoms. The number of nitriles is 1. The Labute approximate surface area is 73.3 Å². The topological polar surface area (TPSA) is 40.9 Å². The van der Waals surface area contributed by atoms with E-state index in [4.69, 9.17) is 5.26 Å². The molecule has 0 radical (unpaired) electrons. The molecular weight excluding hydrogens is 170 g/mol. The highest BCUT2D eigenvalue weighted by Crippen LogP contribution is 2.13. The molecule has 0 amide bonds. The zero-order chi connectivity index (χ0) is 9.19. The zero-order valence-corrected chi connectivity index (χ0v) is 8.01. The second-order valence-corrected chi connectivity index (χ2v) is 6.23. The number of benzene rings is 1. The van der Waals surface area contributed by atoms with E-state index in [2.05, 4.69) is 0 Å². The quantitative estimate of drug-likeness (QED) is 0.661. The molecular formula is C9H11NOS. The van der Waals surface area contributed by atoms with Gasteiger partial charge in [-0.25, -0.2) is 0 Å². The Morgan fingerprint density at radius 1 is 1.25 bits per heavy atom. The number of rotatable bonds is 1. The normalized spacial score (nSPS) is 12.1. The third kappa shape index (κ3) is 1.93. The van der Waals surface area contributed by atoms with Crippen molar-refractivity contribution in [2.24, 2.45) is 0 Å². The van der Waals surface area contributed by atoms with Gasteiger partial charge in [0.2, 0.25) is 0 Å². The molecule has 0 aromatic heterocycles. The van der Waals surface area contributed by atoms with E-state index in [-0.39, 0.29) is 0 Å². The van der Waals surface area contributed by atoms with Gasteiger partial charge in [-0.05, 0) is 36.8 Å². The minimum absolute atomic E-state index is 0.604. The van der Waals surface area contributed by atoms with E-state index in [1.165, 1.54) is 0 Å². The average molecular weight is 181 g/mol. The highest BCUT2D eigenvalue weighted by atomic mass is 32.2. The molecule has 0 bridgehead atoms. The van der Waals surface area contributed by atoms with E-state index < -0.39 is 9.93 Å².